The molecule has 1 unspecified atom stereocenters. The molecule has 285 valence electrons. The van der Waals surface area contributed by atoms with Gasteiger partial charge in [0.05, 0.1) is 13.7 Å². The fraction of sp³-hybridized carbons (Fsp3) is 0.438. The first kappa shape index (κ1) is 40.2. The van der Waals surface area contributed by atoms with Gasteiger partial charge in [0.1, 0.15) is 0 Å². The Morgan fingerprint density at radius 3 is 2.22 bits per heavy atom. The topological polar surface area (TPSA) is 51.8 Å². The summed E-state index contributed by atoms with van der Waals surface area (Å²) in [6.45, 7) is 16.3. The van der Waals surface area contributed by atoms with Gasteiger partial charge in [-0.05, 0) is 84.6 Å². The van der Waals surface area contributed by atoms with E-state index in [2.05, 4.69) is 113 Å². The van der Waals surface area contributed by atoms with Gasteiger partial charge >= 0.3 is 0 Å². The molecule has 2 aliphatic rings. The molecule has 0 spiro atoms. The van der Waals surface area contributed by atoms with E-state index in [1.54, 1.807) is 0 Å². The van der Waals surface area contributed by atoms with Crippen molar-refractivity contribution in [2.24, 2.45) is 17.8 Å². The molecule has 4 aromatic heterocycles. The average Bonchev–Trinajstić information content (AvgIpc) is 3.94. The predicted molar refractivity (Wildman–Crippen MR) is 224 cm³/mol. The van der Waals surface area contributed by atoms with Crippen LogP contribution >= 0.6 is 0 Å². The van der Waals surface area contributed by atoms with Crippen LogP contribution in [0.2, 0.25) is 19.6 Å². The molecule has 54 heavy (non-hydrogen) atoms. The summed E-state index contributed by atoms with van der Waals surface area (Å²) in [4.78, 5) is 14.5. The number of benzene rings is 2. The molecule has 0 amide bonds. The quantitative estimate of drug-likeness (QED) is 0.107. The minimum Gasteiger partial charge on any atom is -0.486 e. The molecule has 4 nitrogen and oxygen atoms in total. The van der Waals surface area contributed by atoms with Crippen LogP contribution in [0.25, 0.3) is 44.6 Å². The van der Waals surface area contributed by atoms with E-state index in [4.69, 9.17) is 14.4 Å². The van der Waals surface area contributed by atoms with Crippen molar-refractivity contribution in [2.75, 3.05) is 0 Å². The van der Waals surface area contributed by atoms with Gasteiger partial charge in [0.2, 0.25) is 5.71 Å². The van der Waals surface area contributed by atoms with Crippen molar-refractivity contribution in [1.82, 2.24) is 15.0 Å². The molecule has 6 aromatic rings. The monoisotopic (exact) mass is 912 g/mol. The largest absolute Gasteiger partial charge is 0.486 e. The second kappa shape index (κ2) is 17.6. The molecule has 1 atom stereocenters. The first-order valence-corrected chi connectivity index (χ1v) is 23.7. The van der Waals surface area contributed by atoms with Crippen LogP contribution in [0, 0.1) is 36.8 Å². The zero-order valence-electron chi connectivity index (χ0n) is 33.4. The Balaban J connectivity index is 0.000000205. The molecule has 6 heteroatoms. The van der Waals surface area contributed by atoms with Crippen LogP contribution < -0.4 is 5.19 Å². The maximum atomic E-state index is 6.39. The second-order valence-corrected chi connectivity index (χ2v) is 22.4. The molecule has 0 N–H and O–H groups in total. The van der Waals surface area contributed by atoms with E-state index in [9.17, 15) is 0 Å². The molecule has 2 fully saturated rings. The molecule has 4 heterocycles. The molecule has 2 aliphatic carbocycles. The van der Waals surface area contributed by atoms with Gasteiger partial charge in [0, 0.05) is 49.5 Å². The number of hydrogen-bond acceptors (Lipinski definition) is 4. The molecule has 2 saturated carbocycles. The van der Waals surface area contributed by atoms with E-state index >= 15 is 0 Å². The van der Waals surface area contributed by atoms with E-state index in [-0.39, 0.29) is 20.1 Å². The van der Waals surface area contributed by atoms with Crippen molar-refractivity contribution < 1.29 is 24.5 Å². The van der Waals surface area contributed by atoms with E-state index in [0.29, 0.717) is 11.8 Å². The van der Waals surface area contributed by atoms with Crippen molar-refractivity contribution in [3.05, 3.63) is 108 Å². The number of aryl methyl sites for hydroxylation is 1. The van der Waals surface area contributed by atoms with E-state index in [0.717, 1.165) is 75.0 Å². The van der Waals surface area contributed by atoms with Crippen LogP contribution in [0.4, 0.5) is 0 Å². The summed E-state index contributed by atoms with van der Waals surface area (Å²) in [5.74, 6) is 2.72. The fourth-order valence-corrected chi connectivity index (χ4v) is 10.3. The number of aromatic nitrogens is 3. The first-order valence-electron chi connectivity index (χ1n) is 20.2. The van der Waals surface area contributed by atoms with E-state index in [1.165, 1.54) is 73.2 Å². The maximum absolute atomic E-state index is 6.39. The summed E-state index contributed by atoms with van der Waals surface area (Å²) in [5.41, 5.74) is 10.9. The first-order chi connectivity index (χ1) is 25.5. The van der Waals surface area contributed by atoms with Gasteiger partial charge in [-0.25, -0.2) is 4.98 Å². The number of pyridine rings is 3. The van der Waals surface area contributed by atoms with Gasteiger partial charge in [0.15, 0.2) is 0 Å². The predicted octanol–water partition coefficient (Wildman–Crippen LogP) is 12.5. The Morgan fingerprint density at radius 2 is 1.54 bits per heavy atom. The standard InChI is InChI=1S/C30H33N2O.C18H24NSi.Ir/c1-19-16-28(31-18-23(19)17-21-8-3-4-9-21)26-13-7-12-24-25-14-15-27(32-30(25)33-29(24)26)20(2)22-10-5-6-11-22;1-14(2)11-16-12-17(15-9-7-6-8-10-15)19-13-18(16)20(3,4)5;/h7,12,14-16,18,20-22H,3-6,8-11,17H2,1-2H3;6-9,12-14H,11H2,1-5H3;/q2*-1;. The zero-order chi connectivity index (χ0) is 37.1. The van der Waals surface area contributed by atoms with Crippen molar-refractivity contribution in [3.8, 4) is 22.5 Å². The number of furan rings is 1. The van der Waals surface area contributed by atoms with Crippen molar-refractivity contribution >= 4 is 35.3 Å². The molecule has 0 aliphatic heterocycles. The van der Waals surface area contributed by atoms with Crippen LogP contribution in [0.5, 0.6) is 0 Å². The van der Waals surface area contributed by atoms with Crippen LogP contribution in [0.3, 0.4) is 0 Å². The van der Waals surface area contributed by atoms with Gasteiger partial charge in [-0.2, -0.15) is 0 Å². The van der Waals surface area contributed by atoms with E-state index in [1.807, 2.05) is 24.3 Å². The number of fused-ring (bicyclic) bond motifs is 3. The summed E-state index contributed by atoms with van der Waals surface area (Å²) in [6, 6.07) is 27.7. The minimum absolute atomic E-state index is 0. The third-order valence-electron chi connectivity index (χ3n) is 11.8. The molecule has 0 saturated heterocycles. The van der Waals surface area contributed by atoms with E-state index < -0.39 is 8.07 Å². The molecule has 0 bridgehead atoms. The normalized spacial score (nSPS) is 15.8. The molecular formula is C48H57IrN3OSi-2. The second-order valence-electron chi connectivity index (χ2n) is 17.3. The van der Waals surface area contributed by atoms with Crippen LogP contribution in [0.15, 0.2) is 77.5 Å². The summed E-state index contributed by atoms with van der Waals surface area (Å²) in [6.07, 6.45) is 17.3. The average molecular weight is 912 g/mol. The van der Waals surface area contributed by atoms with Gasteiger partial charge < -0.3 is 14.4 Å². The van der Waals surface area contributed by atoms with Gasteiger partial charge in [-0.3, -0.25) is 0 Å². The van der Waals surface area contributed by atoms with Crippen LogP contribution in [-0.2, 0) is 32.9 Å². The number of hydrogen-bond donors (Lipinski definition) is 0. The van der Waals surface area contributed by atoms with Gasteiger partial charge in [-0.15, -0.1) is 54.1 Å². The number of rotatable bonds is 9. The maximum Gasteiger partial charge on any atom is 0.216 e. The third kappa shape index (κ3) is 9.15. The fourth-order valence-electron chi connectivity index (χ4n) is 8.72. The Labute approximate surface area is 338 Å². The summed E-state index contributed by atoms with van der Waals surface area (Å²) in [7, 11) is -1.34. The Bertz CT molecular complexity index is 2160. The Kier molecular flexibility index (Phi) is 13.1. The SMILES string of the molecule is CC(C)Cc1cc(-c2[c-]cccc2)ncc1[Si](C)(C)C.Cc1cc(-c2[c-]ccc3c2oc2nc(C(C)C4CCCC4)ccc23)ncc1CC1CCCC1.[Ir]. The zero-order valence-corrected chi connectivity index (χ0v) is 36.8. The van der Waals surface area contributed by atoms with Gasteiger partial charge in [0.25, 0.3) is 0 Å². The Hall–Kier alpha value is -3.44. The van der Waals surface area contributed by atoms with Crippen LogP contribution in [0.1, 0.15) is 100 Å². The van der Waals surface area contributed by atoms with Crippen molar-refractivity contribution in [2.45, 2.75) is 117 Å². The smallest absolute Gasteiger partial charge is 0.216 e. The summed E-state index contributed by atoms with van der Waals surface area (Å²) >= 11 is 0. The van der Waals surface area contributed by atoms with Gasteiger partial charge in [-0.1, -0.05) is 113 Å². The summed E-state index contributed by atoms with van der Waals surface area (Å²) < 4.78 is 6.39. The van der Waals surface area contributed by atoms with Crippen molar-refractivity contribution in [1.29, 1.82) is 0 Å². The third-order valence-corrected chi connectivity index (χ3v) is 13.8. The summed E-state index contributed by atoms with van der Waals surface area (Å²) in [5, 5.41) is 3.67. The molecule has 2 aromatic carbocycles. The number of nitrogens with zero attached hydrogens (tertiary/aromatic N) is 3. The van der Waals surface area contributed by atoms with Crippen LogP contribution in [-0.4, -0.2) is 23.0 Å². The van der Waals surface area contributed by atoms with Crippen molar-refractivity contribution in [3.63, 3.8) is 0 Å². The Morgan fingerprint density at radius 1 is 0.796 bits per heavy atom. The minimum atomic E-state index is -1.34. The molecule has 8 rings (SSSR count). The molecule has 1 radical (unpaired) electrons. The molecular weight excluding hydrogens is 855 g/mol.